The van der Waals surface area contributed by atoms with Crippen molar-refractivity contribution in [2.75, 3.05) is 33.2 Å². The number of amides is 1. The van der Waals surface area contributed by atoms with E-state index in [2.05, 4.69) is 4.90 Å². The number of carbonyl (C=O) groups is 1. The standard InChI is InChI=1S/C10H18FN3O/c1-13-3-2-7(4-13)10(15)14-5-8(11)9(12)6-14/h7-9H,2-6,12H2,1H3/t7-,8-,9?/m1/s1. The number of carbonyl (C=O) groups excluding carboxylic acids is 1. The van der Waals surface area contributed by atoms with E-state index in [4.69, 9.17) is 5.73 Å². The SMILES string of the molecule is CN1CC[C@@H](C(=O)N2CC(N)[C@H](F)C2)C1. The van der Waals surface area contributed by atoms with Crippen LogP contribution < -0.4 is 5.73 Å². The summed E-state index contributed by atoms with van der Waals surface area (Å²) >= 11 is 0. The molecular weight excluding hydrogens is 197 g/mol. The summed E-state index contributed by atoms with van der Waals surface area (Å²) in [6, 6.07) is -0.493. The third kappa shape index (κ3) is 2.13. The molecule has 2 N–H and O–H groups in total. The zero-order valence-electron chi connectivity index (χ0n) is 9.03. The van der Waals surface area contributed by atoms with Crippen LogP contribution in [0.15, 0.2) is 0 Å². The molecule has 0 spiro atoms. The number of hydrogen-bond donors (Lipinski definition) is 1. The predicted octanol–water partition coefficient (Wildman–Crippen LogP) is -0.554. The Morgan fingerprint density at radius 2 is 2.13 bits per heavy atom. The Morgan fingerprint density at radius 3 is 2.60 bits per heavy atom. The van der Waals surface area contributed by atoms with Crippen LogP contribution in [0.25, 0.3) is 0 Å². The molecule has 3 atom stereocenters. The van der Waals surface area contributed by atoms with E-state index >= 15 is 0 Å². The van der Waals surface area contributed by atoms with E-state index in [9.17, 15) is 9.18 Å². The van der Waals surface area contributed by atoms with Crippen LogP contribution in [0, 0.1) is 5.92 Å². The van der Waals surface area contributed by atoms with Gasteiger partial charge in [0.15, 0.2) is 0 Å². The fourth-order valence-corrected chi connectivity index (χ4v) is 2.36. The first kappa shape index (κ1) is 10.8. The summed E-state index contributed by atoms with van der Waals surface area (Å²) in [5, 5.41) is 0. The third-order valence-corrected chi connectivity index (χ3v) is 3.34. The molecular formula is C10H18FN3O. The zero-order valence-corrected chi connectivity index (χ0v) is 9.03. The van der Waals surface area contributed by atoms with Gasteiger partial charge in [-0.3, -0.25) is 4.79 Å². The fraction of sp³-hybridized carbons (Fsp3) is 0.900. The molecule has 15 heavy (non-hydrogen) atoms. The van der Waals surface area contributed by atoms with Crippen LogP contribution in [0.1, 0.15) is 6.42 Å². The van der Waals surface area contributed by atoms with Gasteiger partial charge in [-0.1, -0.05) is 0 Å². The van der Waals surface area contributed by atoms with Crippen LogP contribution >= 0.6 is 0 Å². The maximum Gasteiger partial charge on any atom is 0.227 e. The number of hydrogen-bond acceptors (Lipinski definition) is 3. The normalized spacial score (nSPS) is 37.5. The highest BCUT2D eigenvalue weighted by atomic mass is 19.1. The summed E-state index contributed by atoms with van der Waals surface area (Å²) in [5.41, 5.74) is 5.55. The van der Waals surface area contributed by atoms with Crippen LogP contribution in [-0.2, 0) is 4.79 Å². The van der Waals surface area contributed by atoms with Gasteiger partial charge < -0.3 is 15.5 Å². The molecule has 0 aromatic carbocycles. The summed E-state index contributed by atoms with van der Waals surface area (Å²) in [4.78, 5) is 15.7. The third-order valence-electron chi connectivity index (χ3n) is 3.34. The molecule has 2 aliphatic heterocycles. The molecule has 0 radical (unpaired) electrons. The minimum absolute atomic E-state index is 0.0486. The van der Waals surface area contributed by atoms with Crippen LogP contribution in [-0.4, -0.2) is 61.1 Å². The first-order chi connectivity index (χ1) is 7.08. The summed E-state index contributed by atoms with van der Waals surface area (Å²) < 4.78 is 13.2. The number of nitrogens with two attached hydrogens (primary N) is 1. The van der Waals surface area contributed by atoms with Crippen molar-refractivity contribution in [1.82, 2.24) is 9.80 Å². The lowest BCUT2D eigenvalue weighted by Gasteiger charge is -2.19. The number of likely N-dealkylation sites (tertiary alicyclic amines) is 2. The second kappa shape index (κ2) is 4.06. The van der Waals surface area contributed by atoms with E-state index in [0.717, 1.165) is 19.5 Å². The maximum absolute atomic E-state index is 13.2. The second-order valence-corrected chi connectivity index (χ2v) is 4.67. The monoisotopic (exact) mass is 215 g/mol. The molecule has 2 aliphatic rings. The Kier molecular flexibility index (Phi) is 2.93. The number of nitrogens with zero attached hydrogens (tertiary/aromatic N) is 2. The zero-order chi connectivity index (χ0) is 11.0. The molecule has 2 saturated heterocycles. The molecule has 2 fully saturated rings. The van der Waals surface area contributed by atoms with Gasteiger partial charge in [-0.25, -0.2) is 4.39 Å². The molecule has 0 aliphatic carbocycles. The Bertz CT molecular complexity index is 251. The summed E-state index contributed by atoms with van der Waals surface area (Å²) in [7, 11) is 2.00. The summed E-state index contributed by atoms with van der Waals surface area (Å²) in [6.45, 7) is 2.30. The van der Waals surface area contributed by atoms with Crippen molar-refractivity contribution in [2.45, 2.75) is 18.6 Å². The Hall–Kier alpha value is -0.680. The highest BCUT2D eigenvalue weighted by Gasteiger charge is 2.37. The molecule has 5 heteroatoms. The molecule has 0 aromatic rings. The Balaban J connectivity index is 1.92. The molecule has 4 nitrogen and oxygen atoms in total. The van der Waals surface area contributed by atoms with Gasteiger partial charge >= 0.3 is 0 Å². The van der Waals surface area contributed by atoms with Crippen LogP contribution in [0.3, 0.4) is 0 Å². The number of rotatable bonds is 1. The predicted molar refractivity (Wildman–Crippen MR) is 55.1 cm³/mol. The molecule has 2 heterocycles. The fourth-order valence-electron chi connectivity index (χ4n) is 2.36. The van der Waals surface area contributed by atoms with Crippen molar-refractivity contribution in [2.24, 2.45) is 11.7 Å². The Morgan fingerprint density at radius 1 is 1.40 bits per heavy atom. The van der Waals surface area contributed by atoms with Gasteiger partial charge in [0, 0.05) is 13.1 Å². The summed E-state index contributed by atoms with van der Waals surface area (Å²) in [6.07, 6.45) is -0.161. The van der Waals surface area contributed by atoms with E-state index < -0.39 is 12.2 Å². The van der Waals surface area contributed by atoms with Gasteiger partial charge in [0.25, 0.3) is 0 Å². The molecule has 2 rings (SSSR count). The lowest BCUT2D eigenvalue weighted by atomic mass is 10.1. The van der Waals surface area contributed by atoms with Crippen molar-refractivity contribution in [3.8, 4) is 0 Å². The van der Waals surface area contributed by atoms with E-state index in [-0.39, 0.29) is 18.4 Å². The van der Waals surface area contributed by atoms with E-state index in [1.807, 2.05) is 7.05 Å². The van der Waals surface area contributed by atoms with Crippen LogP contribution in [0.5, 0.6) is 0 Å². The molecule has 1 unspecified atom stereocenters. The lowest BCUT2D eigenvalue weighted by molar-refractivity contribution is -0.134. The van der Waals surface area contributed by atoms with Gasteiger partial charge in [-0.15, -0.1) is 0 Å². The second-order valence-electron chi connectivity index (χ2n) is 4.67. The van der Waals surface area contributed by atoms with Gasteiger partial charge in [-0.05, 0) is 20.0 Å². The quantitative estimate of drug-likeness (QED) is 0.638. The van der Waals surface area contributed by atoms with Crippen molar-refractivity contribution in [1.29, 1.82) is 0 Å². The van der Waals surface area contributed by atoms with Crippen molar-refractivity contribution < 1.29 is 9.18 Å². The summed E-state index contributed by atoms with van der Waals surface area (Å²) in [5.74, 6) is 0.127. The smallest absolute Gasteiger partial charge is 0.227 e. The Labute approximate surface area is 89.2 Å². The van der Waals surface area contributed by atoms with Gasteiger partial charge in [0.05, 0.1) is 18.5 Å². The highest BCUT2D eigenvalue weighted by molar-refractivity contribution is 5.79. The minimum Gasteiger partial charge on any atom is -0.338 e. The maximum atomic E-state index is 13.2. The van der Waals surface area contributed by atoms with E-state index in [0.29, 0.717) is 6.54 Å². The van der Waals surface area contributed by atoms with Crippen molar-refractivity contribution in [3.63, 3.8) is 0 Å². The topological polar surface area (TPSA) is 49.6 Å². The first-order valence-corrected chi connectivity index (χ1v) is 5.45. The molecule has 0 saturated carbocycles. The highest BCUT2D eigenvalue weighted by Crippen LogP contribution is 2.20. The molecule has 1 amide bonds. The molecule has 0 bridgehead atoms. The van der Waals surface area contributed by atoms with Gasteiger partial charge in [0.2, 0.25) is 5.91 Å². The van der Waals surface area contributed by atoms with Crippen LogP contribution in [0.2, 0.25) is 0 Å². The average molecular weight is 215 g/mol. The van der Waals surface area contributed by atoms with E-state index in [1.54, 1.807) is 4.90 Å². The number of alkyl halides is 1. The van der Waals surface area contributed by atoms with Crippen molar-refractivity contribution in [3.05, 3.63) is 0 Å². The van der Waals surface area contributed by atoms with Crippen LogP contribution in [0.4, 0.5) is 4.39 Å². The van der Waals surface area contributed by atoms with Gasteiger partial charge in [-0.2, -0.15) is 0 Å². The molecule has 0 aromatic heterocycles. The molecule has 86 valence electrons. The van der Waals surface area contributed by atoms with Crippen molar-refractivity contribution >= 4 is 5.91 Å². The largest absolute Gasteiger partial charge is 0.338 e. The first-order valence-electron chi connectivity index (χ1n) is 5.45. The number of halogens is 1. The lowest BCUT2D eigenvalue weighted by Crippen LogP contribution is -2.37. The van der Waals surface area contributed by atoms with E-state index in [1.165, 1.54) is 0 Å². The van der Waals surface area contributed by atoms with Gasteiger partial charge in [0.1, 0.15) is 6.17 Å². The minimum atomic E-state index is -1.05. The average Bonchev–Trinajstić information content (AvgIpc) is 2.74.